The fourth-order valence-corrected chi connectivity index (χ4v) is 2.24. The molecule has 0 unspecified atom stereocenters. The van der Waals surface area contributed by atoms with Crippen molar-refractivity contribution < 1.29 is 0 Å². The molecule has 1 aliphatic heterocycles. The number of aromatic nitrogens is 2. The van der Waals surface area contributed by atoms with Crippen LogP contribution in [0.25, 0.3) is 11.0 Å². The molecule has 1 saturated heterocycles. The Morgan fingerprint density at radius 1 is 1.25 bits per heavy atom. The maximum absolute atomic E-state index is 4.41. The molecule has 2 N–H and O–H groups in total. The van der Waals surface area contributed by atoms with Crippen molar-refractivity contribution in [3.8, 4) is 0 Å². The van der Waals surface area contributed by atoms with Crippen molar-refractivity contribution in [3.05, 3.63) is 24.0 Å². The van der Waals surface area contributed by atoms with Crippen LogP contribution >= 0.6 is 0 Å². The zero-order valence-corrected chi connectivity index (χ0v) is 9.45. The van der Waals surface area contributed by atoms with E-state index in [2.05, 4.69) is 38.4 Å². The van der Waals surface area contributed by atoms with Crippen LogP contribution in [0.15, 0.2) is 18.2 Å². The van der Waals surface area contributed by atoms with Crippen molar-refractivity contribution in [3.63, 3.8) is 0 Å². The topological polar surface area (TPSA) is 44.0 Å². The number of anilines is 1. The smallest absolute Gasteiger partial charge is 0.104 e. The van der Waals surface area contributed by atoms with E-state index in [9.17, 15) is 0 Å². The van der Waals surface area contributed by atoms with Crippen molar-refractivity contribution >= 4 is 16.7 Å². The summed E-state index contributed by atoms with van der Waals surface area (Å²) in [5, 5.41) is 3.36. The summed E-state index contributed by atoms with van der Waals surface area (Å²) in [6.45, 7) is 6.29. The molecule has 0 amide bonds. The Morgan fingerprint density at radius 3 is 2.88 bits per heavy atom. The monoisotopic (exact) mass is 216 g/mol. The number of nitrogens with one attached hydrogen (secondary N) is 2. The number of H-pyrrole nitrogens is 1. The number of aromatic amines is 1. The zero-order valence-electron chi connectivity index (χ0n) is 9.45. The minimum absolute atomic E-state index is 0.979. The van der Waals surface area contributed by atoms with E-state index in [-0.39, 0.29) is 0 Å². The number of fused-ring (bicyclic) bond motifs is 1. The largest absolute Gasteiger partial charge is 0.369 e. The van der Waals surface area contributed by atoms with Crippen LogP contribution in [0.1, 0.15) is 5.82 Å². The summed E-state index contributed by atoms with van der Waals surface area (Å²) in [5.41, 5.74) is 3.47. The van der Waals surface area contributed by atoms with Crippen LogP contribution in [0, 0.1) is 6.92 Å². The van der Waals surface area contributed by atoms with Crippen molar-refractivity contribution in [2.45, 2.75) is 6.92 Å². The van der Waals surface area contributed by atoms with E-state index >= 15 is 0 Å². The summed E-state index contributed by atoms with van der Waals surface area (Å²) < 4.78 is 0. The number of piperazine rings is 1. The predicted molar refractivity (Wildman–Crippen MR) is 65.9 cm³/mol. The van der Waals surface area contributed by atoms with Crippen LogP contribution in [-0.2, 0) is 0 Å². The molecule has 4 nitrogen and oxygen atoms in total. The molecule has 1 aliphatic rings. The van der Waals surface area contributed by atoms with Gasteiger partial charge >= 0.3 is 0 Å². The van der Waals surface area contributed by atoms with Gasteiger partial charge in [0.25, 0.3) is 0 Å². The van der Waals surface area contributed by atoms with Crippen LogP contribution in [-0.4, -0.2) is 36.1 Å². The van der Waals surface area contributed by atoms with Crippen molar-refractivity contribution in [1.82, 2.24) is 15.3 Å². The fraction of sp³-hybridized carbons (Fsp3) is 0.417. The number of hydrogen-bond acceptors (Lipinski definition) is 3. The van der Waals surface area contributed by atoms with Crippen LogP contribution in [0.2, 0.25) is 0 Å². The highest BCUT2D eigenvalue weighted by atomic mass is 15.2. The van der Waals surface area contributed by atoms with Gasteiger partial charge in [-0.25, -0.2) is 4.98 Å². The van der Waals surface area contributed by atoms with Crippen molar-refractivity contribution in [1.29, 1.82) is 0 Å². The zero-order chi connectivity index (χ0) is 11.0. The minimum atomic E-state index is 0.979. The molecule has 16 heavy (non-hydrogen) atoms. The summed E-state index contributed by atoms with van der Waals surface area (Å²) in [6.07, 6.45) is 0. The second kappa shape index (κ2) is 3.79. The summed E-state index contributed by atoms with van der Waals surface area (Å²) in [7, 11) is 0. The van der Waals surface area contributed by atoms with Gasteiger partial charge in [-0.3, -0.25) is 0 Å². The lowest BCUT2D eigenvalue weighted by molar-refractivity contribution is 0.589. The molecule has 1 fully saturated rings. The van der Waals surface area contributed by atoms with Crippen LogP contribution in [0.3, 0.4) is 0 Å². The SMILES string of the molecule is Cc1nc2ccc(N3CCNCC3)cc2[nH]1. The molecule has 4 heteroatoms. The average molecular weight is 216 g/mol. The van der Waals surface area contributed by atoms with Gasteiger partial charge in [-0.2, -0.15) is 0 Å². The maximum atomic E-state index is 4.41. The minimum Gasteiger partial charge on any atom is -0.369 e. The molecule has 0 spiro atoms. The molecule has 0 bridgehead atoms. The molecule has 2 heterocycles. The predicted octanol–water partition coefficient (Wildman–Crippen LogP) is 1.28. The Balaban J connectivity index is 1.97. The van der Waals surface area contributed by atoms with Gasteiger partial charge in [-0.1, -0.05) is 0 Å². The third kappa shape index (κ3) is 1.65. The Bertz CT molecular complexity index is 497. The maximum Gasteiger partial charge on any atom is 0.104 e. The van der Waals surface area contributed by atoms with Gasteiger partial charge in [0.15, 0.2) is 0 Å². The number of imidazole rings is 1. The van der Waals surface area contributed by atoms with Gasteiger partial charge in [-0.15, -0.1) is 0 Å². The van der Waals surface area contributed by atoms with Gasteiger partial charge in [0, 0.05) is 31.9 Å². The van der Waals surface area contributed by atoms with Crippen LogP contribution < -0.4 is 10.2 Å². The van der Waals surface area contributed by atoms with E-state index in [1.54, 1.807) is 0 Å². The van der Waals surface area contributed by atoms with E-state index in [4.69, 9.17) is 0 Å². The van der Waals surface area contributed by atoms with Gasteiger partial charge in [0.05, 0.1) is 11.0 Å². The lowest BCUT2D eigenvalue weighted by Gasteiger charge is -2.29. The highest BCUT2D eigenvalue weighted by Crippen LogP contribution is 2.20. The Hall–Kier alpha value is -1.55. The lowest BCUT2D eigenvalue weighted by atomic mass is 10.2. The molecule has 0 atom stereocenters. The first-order chi connectivity index (χ1) is 7.83. The van der Waals surface area contributed by atoms with E-state index < -0.39 is 0 Å². The Labute approximate surface area is 94.7 Å². The molecule has 0 aliphatic carbocycles. The average Bonchev–Trinajstić information content (AvgIpc) is 2.69. The first kappa shape index (κ1) is 9.66. The molecule has 0 radical (unpaired) electrons. The third-order valence-corrected chi connectivity index (χ3v) is 3.07. The van der Waals surface area contributed by atoms with Gasteiger partial charge < -0.3 is 15.2 Å². The van der Waals surface area contributed by atoms with Crippen LogP contribution in [0.4, 0.5) is 5.69 Å². The van der Waals surface area contributed by atoms with Gasteiger partial charge in [0.1, 0.15) is 5.82 Å². The number of benzene rings is 1. The third-order valence-electron chi connectivity index (χ3n) is 3.07. The van der Waals surface area contributed by atoms with Crippen molar-refractivity contribution in [2.75, 3.05) is 31.1 Å². The summed E-state index contributed by atoms with van der Waals surface area (Å²) >= 11 is 0. The summed E-state index contributed by atoms with van der Waals surface area (Å²) in [5.74, 6) is 0.979. The number of aryl methyl sites for hydroxylation is 1. The van der Waals surface area contributed by atoms with Crippen LogP contribution in [0.5, 0.6) is 0 Å². The molecule has 3 rings (SSSR count). The summed E-state index contributed by atoms with van der Waals surface area (Å²) in [4.78, 5) is 10.1. The molecular weight excluding hydrogens is 200 g/mol. The van der Waals surface area contributed by atoms with E-state index in [0.29, 0.717) is 0 Å². The highest BCUT2D eigenvalue weighted by Gasteiger charge is 2.11. The molecule has 1 aromatic heterocycles. The van der Waals surface area contributed by atoms with E-state index in [1.807, 2.05) is 6.92 Å². The summed E-state index contributed by atoms with van der Waals surface area (Å²) in [6, 6.07) is 6.45. The first-order valence-electron chi connectivity index (χ1n) is 5.75. The second-order valence-corrected chi connectivity index (χ2v) is 4.26. The molecule has 0 saturated carbocycles. The lowest BCUT2D eigenvalue weighted by Crippen LogP contribution is -2.43. The standard InChI is InChI=1S/C12H16N4/c1-9-14-11-3-2-10(8-12(11)15-9)16-6-4-13-5-7-16/h2-3,8,13H,4-7H2,1H3,(H,14,15). The normalized spacial score (nSPS) is 16.9. The number of hydrogen-bond donors (Lipinski definition) is 2. The Morgan fingerprint density at radius 2 is 2.06 bits per heavy atom. The van der Waals surface area contributed by atoms with Crippen molar-refractivity contribution in [2.24, 2.45) is 0 Å². The number of nitrogens with zero attached hydrogens (tertiary/aromatic N) is 2. The second-order valence-electron chi connectivity index (χ2n) is 4.26. The highest BCUT2D eigenvalue weighted by molar-refractivity contribution is 5.79. The molecule has 84 valence electrons. The molecule has 1 aromatic carbocycles. The quantitative estimate of drug-likeness (QED) is 0.754. The molecular formula is C12H16N4. The first-order valence-corrected chi connectivity index (χ1v) is 5.75. The Kier molecular flexibility index (Phi) is 2.29. The fourth-order valence-electron chi connectivity index (χ4n) is 2.24. The molecule has 2 aromatic rings. The number of rotatable bonds is 1. The van der Waals surface area contributed by atoms with Gasteiger partial charge in [-0.05, 0) is 25.1 Å². The van der Waals surface area contributed by atoms with E-state index in [1.165, 1.54) is 5.69 Å². The van der Waals surface area contributed by atoms with E-state index in [0.717, 1.165) is 43.0 Å². The van der Waals surface area contributed by atoms with Gasteiger partial charge in [0.2, 0.25) is 0 Å².